The van der Waals surface area contributed by atoms with Gasteiger partial charge in [-0.05, 0) is 31.5 Å². The Morgan fingerprint density at radius 1 is 1.25 bits per heavy atom. The van der Waals surface area contributed by atoms with Gasteiger partial charge < -0.3 is 15.0 Å². The number of hydrogen-bond acceptors (Lipinski definition) is 4. The van der Waals surface area contributed by atoms with Crippen molar-refractivity contribution < 1.29 is 9.53 Å². The fourth-order valence-corrected chi connectivity index (χ4v) is 3.81. The molecular formula is C21H35IN4O2. The number of methoxy groups -OCH3 is 1. The summed E-state index contributed by atoms with van der Waals surface area (Å²) in [7, 11) is 3.29. The smallest absolute Gasteiger partial charge is 0.308 e. The van der Waals surface area contributed by atoms with Gasteiger partial charge in [0.25, 0.3) is 0 Å². The number of hydrogen-bond donors (Lipinski definition) is 1. The molecule has 158 valence electrons. The van der Waals surface area contributed by atoms with Crippen LogP contribution >= 0.6 is 24.0 Å². The maximum Gasteiger partial charge on any atom is 0.308 e. The van der Waals surface area contributed by atoms with Gasteiger partial charge in [-0.25, -0.2) is 0 Å². The predicted octanol–water partition coefficient (Wildman–Crippen LogP) is 3.15. The highest BCUT2D eigenvalue weighted by molar-refractivity contribution is 14.0. The van der Waals surface area contributed by atoms with E-state index < -0.39 is 0 Å². The van der Waals surface area contributed by atoms with E-state index in [9.17, 15) is 4.79 Å². The Kier molecular flexibility index (Phi) is 11.4. The van der Waals surface area contributed by atoms with Crippen molar-refractivity contribution in [1.29, 1.82) is 0 Å². The van der Waals surface area contributed by atoms with Crippen LogP contribution in [0.25, 0.3) is 0 Å². The molecule has 7 heteroatoms. The number of aliphatic imine (C=N–C) groups is 1. The first-order valence-electron chi connectivity index (χ1n) is 9.96. The molecule has 1 N–H and O–H groups in total. The van der Waals surface area contributed by atoms with E-state index in [0.717, 1.165) is 51.5 Å². The summed E-state index contributed by atoms with van der Waals surface area (Å²) in [5.41, 5.74) is 1.31. The zero-order chi connectivity index (χ0) is 19.6. The second-order valence-corrected chi connectivity index (χ2v) is 6.86. The Hall–Kier alpha value is -1.35. The van der Waals surface area contributed by atoms with Crippen LogP contribution in [0.4, 0.5) is 0 Å². The zero-order valence-corrected chi connectivity index (χ0v) is 19.9. The third-order valence-corrected chi connectivity index (χ3v) is 5.43. The average molecular weight is 502 g/mol. The molecule has 1 fully saturated rings. The van der Waals surface area contributed by atoms with Gasteiger partial charge in [-0.15, -0.1) is 24.0 Å². The van der Waals surface area contributed by atoms with Gasteiger partial charge in [-0.3, -0.25) is 14.7 Å². The Morgan fingerprint density at radius 3 is 2.36 bits per heavy atom. The second kappa shape index (κ2) is 13.0. The molecule has 1 heterocycles. The molecule has 1 aromatic rings. The number of piperidine rings is 1. The van der Waals surface area contributed by atoms with Crippen molar-refractivity contribution in [3.63, 3.8) is 0 Å². The van der Waals surface area contributed by atoms with Crippen LogP contribution in [-0.2, 0) is 9.53 Å². The zero-order valence-electron chi connectivity index (χ0n) is 17.6. The molecule has 1 atom stereocenters. The summed E-state index contributed by atoms with van der Waals surface area (Å²) in [5.74, 6) is 0.826. The Morgan fingerprint density at radius 2 is 1.86 bits per heavy atom. The molecule has 1 aliphatic heterocycles. The maximum atomic E-state index is 11.7. The van der Waals surface area contributed by atoms with Crippen molar-refractivity contribution >= 4 is 35.9 Å². The number of ether oxygens (including phenoxy) is 1. The quantitative estimate of drug-likeness (QED) is 0.269. The highest BCUT2D eigenvalue weighted by Crippen LogP contribution is 2.21. The molecule has 0 amide bonds. The molecule has 1 unspecified atom stereocenters. The monoisotopic (exact) mass is 502 g/mol. The summed E-state index contributed by atoms with van der Waals surface area (Å²) >= 11 is 0. The molecule has 28 heavy (non-hydrogen) atoms. The Bertz CT molecular complexity index is 600. The van der Waals surface area contributed by atoms with Gasteiger partial charge in [0, 0.05) is 26.7 Å². The van der Waals surface area contributed by atoms with E-state index in [1.807, 2.05) is 7.05 Å². The fraction of sp³-hybridized carbons (Fsp3) is 0.619. The van der Waals surface area contributed by atoms with Crippen molar-refractivity contribution in [3.8, 4) is 0 Å². The van der Waals surface area contributed by atoms with Gasteiger partial charge in [0.1, 0.15) is 0 Å². The van der Waals surface area contributed by atoms with Crippen LogP contribution in [0.1, 0.15) is 38.3 Å². The van der Waals surface area contributed by atoms with Crippen molar-refractivity contribution in [2.75, 3.05) is 46.9 Å². The number of nitrogens with zero attached hydrogens (tertiary/aromatic N) is 3. The first-order chi connectivity index (χ1) is 13.1. The summed E-state index contributed by atoms with van der Waals surface area (Å²) in [4.78, 5) is 20.9. The summed E-state index contributed by atoms with van der Waals surface area (Å²) in [6.45, 7) is 8.84. The molecule has 0 bridgehead atoms. The van der Waals surface area contributed by atoms with Gasteiger partial charge in [-0.1, -0.05) is 44.2 Å². The molecule has 1 aliphatic rings. The van der Waals surface area contributed by atoms with Gasteiger partial charge in [0.15, 0.2) is 5.96 Å². The molecular weight excluding hydrogens is 467 g/mol. The molecule has 1 saturated heterocycles. The third kappa shape index (κ3) is 6.62. The minimum atomic E-state index is -0.0942. The summed E-state index contributed by atoms with van der Waals surface area (Å²) in [6.07, 6.45) is 1.62. The largest absolute Gasteiger partial charge is 0.469 e. The van der Waals surface area contributed by atoms with Crippen LogP contribution in [-0.4, -0.2) is 68.6 Å². The van der Waals surface area contributed by atoms with Crippen LogP contribution in [0.3, 0.4) is 0 Å². The van der Waals surface area contributed by atoms with E-state index in [1.165, 1.54) is 12.7 Å². The van der Waals surface area contributed by atoms with E-state index in [4.69, 9.17) is 4.74 Å². The fourth-order valence-electron chi connectivity index (χ4n) is 3.81. The lowest BCUT2D eigenvalue weighted by molar-refractivity contribution is -0.146. The lowest BCUT2D eigenvalue weighted by Crippen LogP contribution is -2.48. The van der Waals surface area contributed by atoms with Gasteiger partial charge in [0.05, 0.1) is 19.1 Å². The molecule has 2 rings (SSSR count). The van der Waals surface area contributed by atoms with Crippen LogP contribution in [0.5, 0.6) is 0 Å². The maximum absolute atomic E-state index is 11.7. The van der Waals surface area contributed by atoms with Crippen molar-refractivity contribution in [2.45, 2.75) is 32.7 Å². The van der Waals surface area contributed by atoms with E-state index in [1.54, 1.807) is 0 Å². The lowest BCUT2D eigenvalue weighted by atomic mass is 9.97. The number of halogens is 1. The molecule has 0 aliphatic carbocycles. The second-order valence-electron chi connectivity index (χ2n) is 6.86. The number of guanidine groups is 1. The standard InChI is InChI=1S/C21H34N4O2.HI/c1-5-24(6-2)19(17-10-8-7-9-11-17)16-23-21(22-3)25-14-12-18(13-15-25)20(26)27-4;/h7-11,18-19H,5-6,12-16H2,1-4H3,(H,22,23);1H. The number of esters is 1. The molecule has 1 aromatic carbocycles. The minimum Gasteiger partial charge on any atom is -0.469 e. The highest BCUT2D eigenvalue weighted by atomic mass is 127. The number of benzene rings is 1. The number of carbonyl (C=O) groups is 1. The number of nitrogens with one attached hydrogen (secondary N) is 1. The first-order valence-corrected chi connectivity index (χ1v) is 9.96. The highest BCUT2D eigenvalue weighted by Gasteiger charge is 2.27. The minimum absolute atomic E-state index is 0. The normalized spacial score (nSPS) is 16.5. The number of likely N-dealkylation sites (tertiary alicyclic amines) is 1. The van der Waals surface area contributed by atoms with Crippen molar-refractivity contribution in [2.24, 2.45) is 10.9 Å². The van der Waals surface area contributed by atoms with E-state index >= 15 is 0 Å². The van der Waals surface area contributed by atoms with Gasteiger partial charge in [-0.2, -0.15) is 0 Å². The number of likely N-dealkylation sites (N-methyl/N-ethyl adjacent to an activating group) is 1. The molecule has 0 radical (unpaired) electrons. The Balaban J connectivity index is 0.00000392. The lowest BCUT2D eigenvalue weighted by Gasteiger charge is -2.35. The van der Waals surface area contributed by atoms with Crippen LogP contribution in [0.15, 0.2) is 35.3 Å². The summed E-state index contributed by atoms with van der Waals surface area (Å²) < 4.78 is 4.88. The molecule has 0 saturated carbocycles. The van der Waals surface area contributed by atoms with Crippen LogP contribution in [0.2, 0.25) is 0 Å². The van der Waals surface area contributed by atoms with Gasteiger partial charge in [0.2, 0.25) is 0 Å². The SMILES string of the molecule is CCN(CC)C(CNC(=NC)N1CCC(C(=O)OC)CC1)c1ccccc1.I. The van der Waals surface area contributed by atoms with Crippen LogP contribution in [0, 0.1) is 5.92 Å². The summed E-state index contributed by atoms with van der Waals surface area (Å²) in [6, 6.07) is 10.9. The Labute approximate surface area is 186 Å². The summed E-state index contributed by atoms with van der Waals surface area (Å²) in [5, 5.41) is 3.56. The van der Waals surface area contributed by atoms with E-state index in [-0.39, 0.29) is 35.9 Å². The topological polar surface area (TPSA) is 57.2 Å². The van der Waals surface area contributed by atoms with Crippen molar-refractivity contribution in [3.05, 3.63) is 35.9 Å². The van der Waals surface area contributed by atoms with Crippen molar-refractivity contribution in [1.82, 2.24) is 15.1 Å². The van der Waals surface area contributed by atoms with E-state index in [2.05, 4.69) is 64.3 Å². The molecule has 6 nitrogen and oxygen atoms in total. The molecule has 0 aromatic heterocycles. The van der Waals surface area contributed by atoms with E-state index in [0.29, 0.717) is 6.04 Å². The predicted molar refractivity (Wildman–Crippen MR) is 125 cm³/mol. The van der Waals surface area contributed by atoms with Gasteiger partial charge >= 0.3 is 5.97 Å². The first kappa shape index (κ1) is 24.7. The van der Waals surface area contributed by atoms with Crippen LogP contribution < -0.4 is 5.32 Å². The number of carbonyl (C=O) groups excluding carboxylic acids is 1. The molecule has 0 spiro atoms. The average Bonchev–Trinajstić information content (AvgIpc) is 2.74. The third-order valence-electron chi connectivity index (χ3n) is 5.43. The number of rotatable bonds is 7.